The summed E-state index contributed by atoms with van der Waals surface area (Å²) in [7, 11) is 0. The number of rotatable bonds is 3. The Morgan fingerprint density at radius 2 is 2.00 bits per heavy atom. The van der Waals surface area contributed by atoms with Gasteiger partial charge in [-0.2, -0.15) is 9.61 Å². The van der Waals surface area contributed by atoms with E-state index in [2.05, 4.69) is 43.2 Å². The number of halogens is 1. The lowest BCUT2D eigenvalue weighted by atomic mass is 10.2. The van der Waals surface area contributed by atoms with Crippen molar-refractivity contribution in [3.8, 4) is 10.6 Å². The maximum atomic E-state index is 12.3. The molecule has 0 radical (unpaired) electrons. The highest BCUT2D eigenvalue weighted by Crippen LogP contribution is 2.26. The summed E-state index contributed by atoms with van der Waals surface area (Å²) in [5, 5.41) is 15.9. The number of hydrogen-bond donors (Lipinski definition) is 1. The second-order valence-electron chi connectivity index (χ2n) is 5.01. The van der Waals surface area contributed by atoms with Crippen molar-refractivity contribution in [1.82, 2.24) is 19.8 Å². The van der Waals surface area contributed by atoms with Crippen molar-refractivity contribution >= 4 is 50.5 Å². The number of benzene rings is 2. The monoisotopic (exact) mass is 447 g/mol. The number of fused-ring (bicyclic) bond motifs is 1. The lowest BCUT2D eigenvalue weighted by molar-refractivity contribution is 0.102. The molecule has 0 fully saturated rings. The van der Waals surface area contributed by atoms with Crippen LogP contribution in [0.25, 0.3) is 15.5 Å². The van der Waals surface area contributed by atoms with Crippen LogP contribution in [-0.2, 0) is 0 Å². The topological polar surface area (TPSA) is 72.2 Å². The summed E-state index contributed by atoms with van der Waals surface area (Å²) in [6.07, 6.45) is 1.57. The summed E-state index contributed by atoms with van der Waals surface area (Å²) in [5.74, 6) is -0.125. The van der Waals surface area contributed by atoms with E-state index in [1.54, 1.807) is 16.9 Å². The molecular weight excluding hydrogens is 437 g/mol. The first-order chi connectivity index (χ1) is 11.7. The molecule has 2 aromatic heterocycles. The van der Waals surface area contributed by atoms with Gasteiger partial charge in [0, 0.05) is 20.4 Å². The Morgan fingerprint density at radius 1 is 1.17 bits per heavy atom. The van der Waals surface area contributed by atoms with E-state index in [0.29, 0.717) is 5.56 Å². The number of nitrogens with one attached hydrogen (secondary N) is 1. The minimum Gasteiger partial charge on any atom is -0.322 e. The first-order valence-electron chi connectivity index (χ1n) is 7.03. The van der Waals surface area contributed by atoms with E-state index in [1.165, 1.54) is 11.3 Å². The highest BCUT2D eigenvalue weighted by Gasteiger charge is 2.09. The number of carbonyl (C=O) groups excluding carboxylic acids is 1. The molecular formula is C16H10IN5OS. The molecule has 0 aliphatic heterocycles. The first kappa shape index (κ1) is 15.2. The van der Waals surface area contributed by atoms with Gasteiger partial charge in [-0.3, -0.25) is 4.79 Å². The summed E-state index contributed by atoms with van der Waals surface area (Å²) in [6, 6.07) is 15.0. The number of amides is 1. The number of nitrogens with zero attached hydrogens (tertiary/aromatic N) is 4. The molecule has 1 amide bonds. The van der Waals surface area contributed by atoms with E-state index in [0.717, 1.165) is 24.8 Å². The lowest BCUT2D eigenvalue weighted by Gasteiger charge is -2.06. The molecule has 0 spiro atoms. The van der Waals surface area contributed by atoms with Crippen molar-refractivity contribution in [2.24, 2.45) is 0 Å². The van der Waals surface area contributed by atoms with Gasteiger partial charge in [0.15, 0.2) is 0 Å². The van der Waals surface area contributed by atoms with Gasteiger partial charge in [0.2, 0.25) is 4.96 Å². The van der Waals surface area contributed by atoms with Gasteiger partial charge in [-0.15, -0.1) is 10.2 Å². The molecule has 1 N–H and O–H groups in total. The summed E-state index contributed by atoms with van der Waals surface area (Å²) < 4.78 is 2.67. The van der Waals surface area contributed by atoms with Crippen LogP contribution in [0.4, 0.5) is 5.69 Å². The molecule has 0 atom stereocenters. The standard InChI is InChI=1S/C16H10IN5OS/c17-12-3-1-2-11(8-12)14(23)19-13-6-4-10(5-7-13)15-21-22-9-18-20-16(22)24-15/h1-9H,(H,19,23). The first-order valence-corrected chi connectivity index (χ1v) is 8.93. The van der Waals surface area contributed by atoms with E-state index in [1.807, 2.05) is 42.5 Å². The summed E-state index contributed by atoms with van der Waals surface area (Å²) >= 11 is 3.65. The second kappa shape index (κ2) is 6.29. The maximum absolute atomic E-state index is 12.3. The van der Waals surface area contributed by atoms with Crippen LogP contribution in [0.15, 0.2) is 54.9 Å². The van der Waals surface area contributed by atoms with E-state index in [-0.39, 0.29) is 5.91 Å². The quantitative estimate of drug-likeness (QED) is 0.486. The average Bonchev–Trinajstić information content (AvgIpc) is 3.17. The van der Waals surface area contributed by atoms with E-state index >= 15 is 0 Å². The Balaban J connectivity index is 1.53. The minimum atomic E-state index is -0.125. The highest BCUT2D eigenvalue weighted by molar-refractivity contribution is 14.1. The lowest BCUT2D eigenvalue weighted by Crippen LogP contribution is -2.11. The molecule has 0 aliphatic carbocycles. The molecule has 0 aliphatic rings. The van der Waals surface area contributed by atoms with Gasteiger partial charge in [-0.25, -0.2) is 0 Å². The number of aromatic nitrogens is 4. The summed E-state index contributed by atoms with van der Waals surface area (Å²) in [6.45, 7) is 0. The second-order valence-corrected chi connectivity index (χ2v) is 7.21. The zero-order chi connectivity index (χ0) is 16.5. The predicted octanol–water partition coefficient (Wildman–Crippen LogP) is 3.71. The van der Waals surface area contributed by atoms with E-state index < -0.39 is 0 Å². The molecule has 8 heteroatoms. The molecule has 2 heterocycles. The van der Waals surface area contributed by atoms with Crippen molar-refractivity contribution in [3.05, 3.63) is 64.0 Å². The smallest absolute Gasteiger partial charge is 0.255 e. The van der Waals surface area contributed by atoms with Gasteiger partial charge in [0.1, 0.15) is 11.3 Å². The largest absolute Gasteiger partial charge is 0.322 e. The van der Waals surface area contributed by atoms with Gasteiger partial charge in [-0.05, 0) is 65.1 Å². The molecule has 4 rings (SSSR count). The molecule has 0 saturated heterocycles. The Kier molecular flexibility index (Phi) is 3.98. The van der Waals surface area contributed by atoms with Crippen LogP contribution in [0.1, 0.15) is 10.4 Å². The van der Waals surface area contributed by atoms with Crippen LogP contribution in [0.5, 0.6) is 0 Å². The van der Waals surface area contributed by atoms with E-state index in [4.69, 9.17) is 0 Å². The van der Waals surface area contributed by atoms with Crippen LogP contribution in [0.3, 0.4) is 0 Å². The van der Waals surface area contributed by atoms with Crippen molar-refractivity contribution in [1.29, 1.82) is 0 Å². The van der Waals surface area contributed by atoms with Gasteiger partial charge >= 0.3 is 0 Å². The van der Waals surface area contributed by atoms with Crippen LogP contribution in [0, 0.1) is 3.57 Å². The molecule has 0 bridgehead atoms. The fourth-order valence-corrected chi connectivity index (χ4v) is 3.57. The zero-order valence-corrected chi connectivity index (χ0v) is 15.2. The highest BCUT2D eigenvalue weighted by atomic mass is 127. The maximum Gasteiger partial charge on any atom is 0.255 e. The van der Waals surface area contributed by atoms with Crippen molar-refractivity contribution < 1.29 is 4.79 Å². The van der Waals surface area contributed by atoms with Gasteiger partial charge in [0.25, 0.3) is 5.91 Å². The predicted molar refractivity (Wildman–Crippen MR) is 101 cm³/mol. The van der Waals surface area contributed by atoms with Gasteiger partial charge < -0.3 is 5.32 Å². The average molecular weight is 447 g/mol. The van der Waals surface area contributed by atoms with Crippen molar-refractivity contribution in [2.45, 2.75) is 0 Å². The Hall–Kier alpha value is -2.33. The normalized spacial score (nSPS) is 10.9. The Labute approximate surface area is 154 Å². The molecule has 6 nitrogen and oxygen atoms in total. The molecule has 2 aromatic carbocycles. The fourth-order valence-electron chi connectivity index (χ4n) is 2.21. The molecule has 0 unspecified atom stereocenters. The Bertz CT molecular complexity index is 996. The summed E-state index contributed by atoms with van der Waals surface area (Å²) in [5.41, 5.74) is 2.35. The van der Waals surface area contributed by atoms with Crippen LogP contribution in [-0.4, -0.2) is 25.7 Å². The van der Waals surface area contributed by atoms with Gasteiger partial charge in [-0.1, -0.05) is 17.4 Å². The van der Waals surface area contributed by atoms with Crippen molar-refractivity contribution in [3.63, 3.8) is 0 Å². The number of anilines is 1. The third kappa shape index (κ3) is 3.02. The molecule has 118 valence electrons. The SMILES string of the molecule is O=C(Nc1ccc(-c2nn3cnnc3s2)cc1)c1cccc(I)c1. The van der Waals surface area contributed by atoms with Gasteiger partial charge in [0.05, 0.1) is 0 Å². The van der Waals surface area contributed by atoms with Crippen LogP contribution in [0.2, 0.25) is 0 Å². The van der Waals surface area contributed by atoms with E-state index in [9.17, 15) is 4.79 Å². The fraction of sp³-hybridized carbons (Fsp3) is 0. The molecule has 4 aromatic rings. The third-order valence-electron chi connectivity index (χ3n) is 3.36. The third-order valence-corrected chi connectivity index (χ3v) is 5.00. The van der Waals surface area contributed by atoms with Crippen LogP contribution < -0.4 is 5.32 Å². The molecule has 24 heavy (non-hydrogen) atoms. The molecule has 0 saturated carbocycles. The zero-order valence-electron chi connectivity index (χ0n) is 12.2. The minimum absolute atomic E-state index is 0.125. The number of carbonyl (C=O) groups is 1. The van der Waals surface area contributed by atoms with Crippen molar-refractivity contribution in [2.75, 3.05) is 5.32 Å². The number of hydrogen-bond acceptors (Lipinski definition) is 5. The summed E-state index contributed by atoms with van der Waals surface area (Å²) in [4.78, 5) is 13.0. The van der Waals surface area contributed by atoms with Crippen LogP contribution >= 0.6 is 33.9 Å². The Morgan fingerprint density at radius 3 is 2.75 bits per heavy atom.